The van der Waals surface area contributed by atoms with Crippen LogP contribution >= 0.6 is 0 Å². The van der Waals surface area contributed by atoms with E-state index in [1.54, 1.807) is 0 Å². The van der Waals surface area contributed by atoms with Crippen molar-refractivity contribution in [3.63, 3.8) is 0 Å². The predicted octanol–water partition coefficient (Wildman–Crippen LogP) is 1.53. The summed E-state index contributed by atoms with van der Waals surface area (Å²) in [6.45, 7) is 2.86. The van der Waals surface area contributed by atoms with Gasteiger partial charge in [0, 0.05) is 6.04 Å². The summed E-state index contributed by atoms with van der Waals surface area (Å²) in [5.41, 5.74) is 1.22. The molecule has 0 spiro atoms. The van der Waals surface area contributed by atoms with Crippen molar-refractivity contribution in [3.05, 3.63) is 41.7 Å². The Balaban J connectivity index is 1.76. The Kier molecular flexibility index (Phi) is 3.06. The van der Waals surface area contributed by atoms with Gasteiger partial charge in [0.25, 0.3) is 0 Å². The van der Waals surface area contributed by atoms with Gasteiger partial charge in [-0.15, -0.1) is 5.10 Å². The van der Waals surface area contributed by atoms with Crippen LogP contribution in [-0.2, 0) is 6.54 Å². The molecule has 1 heterocycles. The Hall–Kier alpha value is -1.75. The highest BCUT2D eigenvalue weighted by Gasteiger charge is 2.22. The number of rotatable bonds is 5. The van der Waals surface area contributed by atoms with E-state index in [4.69, 9.17) is 0 Å². The van der Waals surface area contributed by atoms with Crippen LogP contribution in [0.15, 0.2) is 30.3 Å². The third kappa shape index (κ3) is 2.41. The van der Waals surface area contributed by atoms with Gasteiger partial charge in [-0.05, 0) is 35.8 Å². The Morgan fingerprint density at radius 2 is 2.11 bits per heavy atom. The number of hydrogen-bond acceptors (Lipinski definition) is 4. The van der Waals surface area contributed by atoms with E-state index in [-0.39, 0.29) is 6.04 Å². The molecule has 1 atom stereocenters. The SMILES string of the molecule is CC(c1ccccc1)n1nnnc1CNC1CC1. The fourth-order valence-corrected chi connectivity index (χ4v) is 2.03. The summed E-state index contributed by atoms with van der Waals surface area (Å²) < 4.78 is 1.89. The molecule has 1 unspecified atom stereocenters. The number of nitrogens with zero attached hydrogens (tertiary/aromatic N) is 4. The van der Waals surface area contributed by atoms with E-state index in [0.29, 0.717) is 6.04 Å². The Morgan fingerprint density at radius 1 is 1.33 bits per heavy atom. The normalized spacial score (nSPS) is 16.7. The largest absolute Gasteiger partial charge is 0.307 e. The molecule has 1 aliphatic carbocycles. The van der Waals surface area contributed by atoms with Crippen LogP contribution in [0.3, 0.4) is 0 Å². The van der Waals surface area contributed by atoms with Gasteiger partial charge in [-0.3, -0.25) is 0 Å². The lowest BCUT2D eigenvalue weighted by atomic mass is 10.1. The van der Waals surface area contributed by atoms with Gasteiger partial charge in [0.2, 0.25) is 0 Å². The lowest BCUT2D eigenvalue weighted by molar-refractivity contribution is 0.504. The van der Waals surface area contributed by atoms with E-state index in [0.717, 1.165) is 12.4 Å². The van der Waals surface area contributed by atoms with Gasteiger partial charge in [0.15, 0.2) is 5.82 Å². The number of tetrazole rings is 1. The van der Waals surface area contributed by atoms with Crippen molar-refractivity contribution in [1.29, 1.82) is 0 Å². The third-order valence-corrected chi connectivity index (χ3v) is 3.34. The lowest BCUT2D eigenvalue weighted by Crippen LogP contribution is -2.21. The summed E-state index contributed by atoms with van der Waals surface area (Å²) in [5, 5.41) is 15.4. The fourth-order valence-electron chi connectivity index (χ4n) is 2.03. The molecular formula is C13H17N5. The van der Waals surface area contributed by atoms with Gasteiger partial charge < -0.3 is 5.32 Å². The molecule has 1 fully saturated rings. The van der Waals surface area contributed by atoms with E-state index < -0.39 is 0 Å². The molecule has 18 heavy (non-hydrogen) atoms. The molecule has 5 nitrogen and oxygen atoms in total. The van der Waals surface area contributed by atoms with Gasteiger partial charge in [0.05, 0.1) is 12.6 Å². The molecule has 5 heteroatoms. The molecule has 1 saturated carbocycles. The van der Waals surface area contributed by atoms with Gasteiger partial charge in [-0.1, -0.05) is 30.3 Å². The third-order valence-electron chi connectivity index (χ3n) is 3.34. The first-order valence-electron chi connectivity index (χ1n) is 6.39. The van der Waals surface area contributed by atoms with Gasteiger partial charge in [0.1, 0.15) is 0 Å². The Bertz CT molecular complexity index is 503. The number of nitrogens with one attached hydrogen (secondary N) is 1. The molecule has 0 amide bonds. The minimum atomic E-state index is 0.164. The van der Waals surface area contributed by atoms with Crippen LogP contribution in [0.4, 0.5) is 0 Å². The second-order valence-corrected chi connectivity index (χ2v) is 4.78. The molecule has 1 N–H and O–H groups in total. The first-order valence-corrected chi connectivity index (χ1v) is 6.39. The van der Waals surface area contributed by atoms with Crippen molar-refractivity contribution in [2.24, 2.45) is 0 Å². The number of hydrogen-bond donors (Lipinski definition) is 1. The number of aromatic nitrogens is 4. The molecule has 0 bridgehead atoms. The maximum Gasteiger partial charge on any atom is 0.165 e. The monoisotopic (exact) mass is 243 g/mol. The van der Waals surface area contributed by atoms with Crippen LogP contribution in [-0.4, -0.2) is 26.2 Å². The zero-order chi connectivity index (χ0) is 12.4. The van der Waals surface area contributed by atoms with Crippen LogP contribution in [0.2, 0.25) is 0 Å². The van der Waals surface area contributed by atoms with E-state index in [9.17, 15) is 0 Å². The molecular weight excluding hydrogens is 226 g/mol. The van der Waals surface area contributed by atoms with Crippen LogP contribution in [0.25, 0.3) is 0 Å². The molecule has 1 aromatic heterocycles. The first kappa shape index (κ1) is 11.3. The summed E-state index contributed by atoms with van der Waals surface area (Å²) >= 11 is 0. The van der Waals surface area contributed by atoms with E-state index in [1.165, 1.54) is 18.4 Å². The molecule has 1 aromatic carbocycles. The molecule has 94 valence electrons. The topological polar surface area (TPSA) is 55.6 Å². The van der Waals surface area contributed by atoms with E-state index >= 15 is 0 Å². The first-order chi connectivity index (χ1) is 8.84. The highest BCUT2D eigenvalue weighted by molar-refractivity contribution is 5.19. The van der Waals surface area contributed by atoms with E-state index in [1.807, 2.05) is 22.9 Å². The zero-order valence-electron chi connectivity index (χ0n) is 10.5. The smallest absolute Gasteiger partial charge is 0.165 e. The number of benzene rings is 1. The molecule has 1 aliphatic rings. The zero-order valence-corrected chi connectivity index (χ0v) is 10.5. The quantitative estimate of drug-likeness (QED) is 0.865. The summed E-state index contributed by atoms with van der Waals surface area (Å²) in [6.07, 6.45) is 2.55. The molecule has 0 radical (unpaired) electrons. The van der Waals surface area contributed by atoms with E-state index in [2.05, 4.69) is 39.9 Å². The van der Waals surface area contributed by atoms with Crippen molar-refractivity contribution >= 4 is 0 Å². The van der Waals surface area contributed by atoms with Crippen LogP contribution in [0, 0.1) is 0 Å². The summed E-state index contributed by atoms with van der Waals surface area (Å²) in [7, 11) is 0. The highest BCUT2D eigenvalue weighted by atomic mass is 15.6. The van der Waals surface area contributed by atoms with Crippen molar-refractivity contribution in [2.75, 3.05) is 0 Å². The molecule has 3 rings (SSSR count). The average Bonchev–Trinajstić information content (AvgIpc) is 3.14. The molecule has 0 saturated heterocycles. The predicted molar refractivity (Wildman–Crippen MR) is 67.9 cm³/mol. The fraction of sp³-hybridized carbons (Fsp3) is 0.462. The van der Waals surface area contributed by atoms with Crippen molar-refractivity contribution in [1.82, 2.24) is 25.5 Å². The summed E-state index contributed by atoms with van der Waals surface area (Å²) in [6, 6.07) is 11.1. The Morgan fingerprint density at radius 3 is 2.83 bits per heavy atom. The van der Waals surface area contributed by atoms with Gasteiger partial charge >= 0.3 is 0 Å². The van der Waals surface area contributed by atoms with Crippen LogP contribution < -0.4 is 5.32 Å². The molecule has 0 aliphatic heterocycles. The standard InChI is InChI=1S/C13H17N5/c1-10(11-5-3-2-4-6-11)18-13(15-16-17-18)9-14-12-7-8-12/h2-6,10,12,14H,7-9H2,1H3. The van der Waals surface area contributed by atoms with Crippen molar-refractivity contribution < 1.29 is 0 Å². The van der Waals surface area contributed by atoms with Crippen LogP contribution in [0.5, 0.6) is 0 Å². The maximum atomic E-state index is 4.11. The minimum absolute atomic E-state index is 0.164. The lowest BCUT2D eigenvalue weighted by Gasteiger charge is -2.13. The van der Waals surface area contributed by atoms with Crippen molar-refractivity contribution in [3.8, 4) is 0 Å². The average molecular weight is 243 g/mol. The van der Waals surface area contributed by atoms with Crippen molar-refractivity contribution in [2.45, 2.75) is 38.4 Å². The van der Waals surface area contributed by atoms with Gasteiger partial charge in [-0.2, -0.15) is 0 Å². The summed E-state index contributed by atoms with van der Waals surface area (Å²) in [5.74, 6) is 0.901. The van der Waals surface area contributed by atoms with Crippen LogP contribution in [0.1, 0.15) is 37.2 Å². The van der Waals surface area contributed by atoms with Gasteiger partial charge in [-0.25, -0.2) is 4.68 Å². The summed E-state index contributed by atoms with van der Waals surface area (Å²) in [4.78, 5) is 0. The minimum Gasteiger partial charge on any atom is -0.307 e. The Labute approximate surface area is 106 Å². The maximum absolute atomic E-state index is 4.11. The second-order valence-electron chi connectivity index (χ2n) is 4.78. The second kappa shape index (κ2) is 4.86. The highest BCUT2D eigenvalue weighted by Crippen LogP contribution is 2.20. The molecule has 2 aromatic rings.